The minimum atomic E-state index is -1.35. The molecule has 1 aliphatic rings. The van der Waals surface area contributed by atoms with Gasteiger partial charge in [-0.05, 0) is 94.7 Å². The number of aliphatic imine (C=N–C) groups is 1. The van der Waals surface area contributed by atoms with E-state index >= 15 is 0 Å². The molecule has 1 heterocycles. The number of ether oxygens (including phenoxy) is 5. The van der Waals surface area contributed by atoms with Crippen molar-refractivity contribution in [3.8, 4) is 0 Å². The Morgan fingerprint density at radius 1 is 0.667 bits per heavy atom. The molecule has 0 bridgehead atoms. The standard InChI is InChI=1S/C35H51NO9/c1-32(2,3)28(37)41-21-23-24(43-29(38)33(4,5)6)25(44-30(39)34(7,8)9)26(45-31(40)35(10,11)12)27(42-23)36-20-16-19-22-17-14-13-15-18-22/h13-20,23-27H,21H2,1-12H3/b19-16+,36-20+/t23-,24-,25+,26-,27-/m1/s1. The molecular formula is C35H51NO9. The molecule has 0 saturated carbocycles. The second-order valence-corrected chi connectivity index (χ2v) is 15.3. The molecule has 1 aliphatic heterocycles. The second-order valence-electron chi connectivity index (χ2n) is 15.3. The molecule has 0 radical (unpaired) electrons. The van der Waals surface area contributed by atoms with Crippen molar-refractivity contribution in [3.63, 3.8) is 0 Å². The van der Waals surface area contributed by atoms with Gasteiger partial charge >= 0.3 is 23.9 Å². The Morgan fingerprint density at radius 2 is 1.11 bits per heavy atom. The third-order valence-corrected chi connectivity index (χ3v) is 6.57. The Bertz CT molecular complexity index is 1240. The van der Waals surface area contributed by atoms with Crippen molar-refractivity contribution in [1.29, 1.82) is 0 Å². The summed E-state index contributed by atoms with van der Waals surface area (Å²) in [5.41, 5.74) is -2.73. The van der Waals surface area contributed by atoms with Crippen LogP contribution in [0.4, 0.5) is 0 Å². The molecule has 10 nitrogen and oxygen atoms in total. The van der Waals surface area contributed by atoms with Crippen molar-refractivity contribution in [2.24, 2.45) is 26.7 Å². The van der Waals surface area contributed by atoms with Gasteiger partial charge in [-0.25, -0.2) is 0 Å². The summed E-state index contributed by atoms with van der Waals surface area (Å²) < 4.78 is 29.8. The summed E-state index contributed by atoms with van der Waals surface area (Å²) in [7, 11) is 0. The minimum Gasteiger partial charge on any atom is -0.462 e. The summed E-state index contributed by atoms with van der Waals surface area (Å²) in [4.78, 5) is 57.1. The monoisotopic (exact) mass is 629 g/mol. The number of hydrogen-bond donors (Lipinski definition) is 0. The molecule has 0 spiro atoms. The molecule has 1 aromatic rings. The van der Waals surface area contributed by atoms with Gasteiger partial charge < -0.3 is 23.7 Å². The molecular weight excluding hydrogens is 578 g/mol. The van der Waals surface area contributed by atoms with E-state index < -0.39 is 76.2 Å². The van der Waals surface area contributed by atoms with Crippen molar-refractivity contribution in [2.45, 2.75) is 114 Å². The van der Waals surface area contributed by atoms with Crippen LogP contribution in [0.3, 0.4) is 0 Å². The molecule has 5 atom stereocenters. The fourth-order valence-electron chi connectivity index (χ4n) is 3.68. The van der Waals surface area contributed by atoms with Crippen molar-refractivity contribution < 1.29 is 42.9 Å². The van der Waals surface area contributed by atoms with Crippen LogP contribution >= 0.6 is 0 Å². The SMILES string of the molecule is CC(C)(C)C(=O)OC[C@H]1O[C@@H](/N=C/C=C/c2ccccc2)[C@H](OC(=O)C(C)(C)C)[C@@H](OC(=O)C(C)(C)C)[C@@H]1OC(=O)C(C)(C)C. The van der Waals surface area contributed by atoms with Crippen LogP contribution in [0.15, 0.2) is 41.4 Å². The number of rotatable bonds is 8. The normalized spacial score (nSPS) is 23.1. The van der Waals surface area contributed by atoms with Gasteiger partial charge in [0.15, 0.2) is 24.5 Å². The maximum absolute atomic E-state index is 13.3. The van der Waals surface area contributed by atoms with E-state index in [4.69, 9.17) is 23.7 Å². The smallest absolute Gasteiger partial charge is 0.311 e. The first-order chi connectivity index (χ1) is 20.5. The maximum atomic E-state index is 13.3. The van der Waals surface area contributed by atoms with Crippen molar-refractivity contribution in [1.82, 2.24) is 0 Å². The fraction of sp³-hybridized carbons (Fsp3) is 0.629. The Kier molecular flexibility index (Phi) is 12.3. The Balaban J connectivity index is 2.67. The van der Waals surface area contributed by atoms with Gasteiger partial charge in [0, 0.05) is 6.21 Å². The van der Waals surface area contributed by atoms with E-state index in [2.05, 4.69) is 4.99 Å². The van der Waals surface area contributed by atoms with Crippen molar-refractivity contribution in [2.75, 3.05) is 6.61 Å². The van der Waals surface area contributed by atoms with Gasteiger partial charge in [-0.2, -0.15) is 0 Å². The first-order valence-electron chi connectivity index (χ1n) is 15.2. The molecule has 0 amide bonds. The van der Waals surface area contributed by atoms with Crippen molar-refractivity contribution in [3.05, 3.63) is 42.0 Å². The second kappa shape index (κ2) is 14.7. The first-order valence-corrected chi connectivity index (χ1v) is 15.2. The molecule has 10 heteroatoms. The highest BCUT2D eigenvalue weighted by atomic mass is 16.7. The number of benzene rings is 1. The van der Waals surface area contributed by atoms with E-state index in [1.807, 2.05) is 36.4 Å². The van der Waals surface area contributed by atoms with Crippen LogP contribution in [0.25, 0.3) is 6.08 Å². The van der Waals surface area contributed by atoms with Crippen LogP contribution < -0.4 is 0 Å². The topological polar surface area (TPSA) is 127 Å². The molecule has 45 heavy (non-hydrogen) atoms. The van der Waals surface area contributed by atoms with E-state index in [9.17, 15) is 19.2 Å². The summed E-state index contributed by atoms with van der Waals surface area (Å²) in [6.07, 6.45) is -1.28. The lowest BCUT2D eigenvalue weighted by molar-refractivity contribution is -0.258. The van der Waals surface area contributed by atoms with Gasteiger partial charge in [-0.15, -0.1) is 0 Å². The zero-order valence-corrected chi connectivity index (χ0v) is 28.8. The highest BCUT2D eigenvalue weighted by Gasteiger charge is 2.54. The number of nitrogens with zero attached hydrogens (tertiary/aromatic N) is 1. The quantitative estimate of drug-likeness (QED) is 0.194. The lowest BCUT2D eigenvalue weighted by atomic mass is 9.92. The van der Waals surface area contributed by atoms with E-state index in [0.29, 0.717) is 0 Å². The van der Waals surface area contributed by atoms with Crippen LogP contribution in [0.2, 0.25) is 0 Å². The molecule has 1 aromatic carbocycles. The summed E-state index contributed by atoms with van der Waals surface area (Å²) in [6.45, 7) is 19.9. The third kappa shape index (κ3) is 11.4. The van der Waals surface area contributed by atoms with Crippen LogP contribution in [-0.4, -0.2) is 67.3 Å². The average molecular weight is 630 g/mol. The third-order valence-electron chi connectivity index (χ3n) is 6.57. The Labute approximate surface area is 267 Å². The van der Waals surface area contributed by atoms with Crippen LogP contribution in [0.1, 0.15) is 88.6 Å². The Hall–Kier alpha value is -3.53. The highest BCUT2D eigenvalue weighted by molar-refractivity contribution is 5.79. The number of carbonyl (C=O) groups is 4. The summed E-state index contributed by atoms with van der Waals surface area (Å²) >= 11 is 0. The van der Waals surface area contributed by atoms with Gasteiger partial charge in [0.2, 0.25) is 0 Å². The molecule has 2 rings (SSSR count). The predicted octanol–water partition coefficient (Wildman–Crippen LogP) is 5.96. The number of allylic oxidation sites excluding steroid dienone is 1. The van der Waals surface area contributed by atoms with E-state index in [0.717, 1.165) is 5.56 Å². The predicted molar refractivity (Wildman–Crippen MR) is 171 cm³/mol. The summed E-state index contributed by atoms with van der Waals surface area (Å²) in [5.74, 6) is -2.36. The van der Waals surface area contributed by atoms with Gasteiger partial charge in [0.1, 0.15) is 12.7 Å². The molecule has 250 valence electrons. The van der Waals surface area contributed by atoms with E-state index in [-0.39, 0.29) is 6.61 Å². The van der Waals surface area contributed by atoms with Crippen LogP contribution in [0, 0.1) is 21.7 Å². The molecule has 0 aromatic heterocycles. The molecule has 0 N–H and O–H groups in total. The lowest BCUT2D eigenvalue weighted by Crippen LogP contribution is -2.63. The molecule has 1 fully saturated rings. The lowest BCUT2D eigenvalue weighted by Gasteiger charge is -2.45. The van der Waals surface area contributed by atoms with E-state index in [1.54, 1.807) is 89.2 Å². The van der Waals surface area contributed by atoms with Crippen LogP contribution in [0.5, 0.6) is 0 Å². The maximum Gasteiger partial charge on any atom is 0.311 e. The summed E-state index contributed by atoms with van der Waals surface area (Å²) in [6, 6.07) is 9.56. The van der Waals surface area contributed by atoms with Crippen LogP contribution in [-0.2, 0) is 42.9 Å². The van der Waals surface area contributed by atoms with Gasteiger partial charge in [0.05, 0.1) is 21.7 Å². The van der Waals surface area contributed by atoms with Gasteiger partial charge in [-0.1, -0.05) is 36.4 Å². The zero-order valence-electron chi connectivity index (χ0n) is 28.8. The fourth-order valence-corrected chi connectivity index (χ4v) is 3.68. The Morgan fingerprint density at radius 3 is 1.58 bits per heavy atom. The molecule has 0 unspecified atom stereocenters. The minimum absolute atomic E-state index is 0.340. The molecule has 0 aliphatic carbocycles. The average Bonchev–Trinajstić information content (AvgIpc) is 2.90. The number of carbonyl (C=O) groups excluding carboxylic acids is 4. The summed E-state index contributed by atoms with van der Waals surface area (Å²) in [5, 5.41) is 0. The number of hydrogen-bond acceptors (Lipinski definition) is 10. The van der Waals surface area contributed by atoms with Gasteiger partial charge in [-0.3, -0.25) is 24.2 Å². The number of esters is 4. The van der Waals surface area contributed by atoms with Gasteiger partial charge in [0.25, 0.3) is 0 Å². The zero-order chi connectivity index (χ0) is 34.4. The largest absolute Gasteiger partial charge is 0.462 e. The highest BCUT2D eigenvalue weighted by Crippen LogP contribution is 2.34. The van der Waals surface area contributed by atoms with E-state index in [1.165, 1.54) is 6.21 Å². The first kappa shape index (κ1) is 37.7. The molecule has 1 saturated heterocycles. The van der Waals surface area contributed by atoms with Crippen molar-refractivity contribution >= 4 is 36.2 Å².